The number of carbonyl (C=O) groups is 2. The number of hydrogen-bond acceptors (Lipinski definition) is 3. The maximum absolute atomic E-state index is 13.3. The molecule has 0 radical (unpaired) electrons. The number of benzene rings is 1. The van der Waals surface area contributed by atoms with Crippen molar-refractivity contribution in [2.45, 2.75) is 51.0 Å². The lowest BCUT2D eigenvalue weighted by Gasteiger charge is -2.44. The molecule has 1 aromatic rings. The third-order valence-electron chi connectivity index (χ3n) is 6.82. The average Bonchev–Trinajstić information content (AvgIpc) is 2.79. The standard InChI is InChI=1S/C21H27NO3/c1-25-19(23)18(11-14-5-3-2-4-6-14)22-20(24)21-12-15-7-8-17(21)10-16(9-15)13-21/h2-6,15-18H,7-13H2,1H3,(H,22,24)/t15-,16-,17-,18-,21+/m1/s1. The number of methoxy groups -OCH3 is 1. The van der Waals surface area contributed by atoms with Crippen LogP contribution < -0.4 is 5.32 Å². The van der Waals surface area contributed by atoms with Crippen LogP contribution in [0, 0.1) is 23.2 Å². The number of carbonyl (C=O) groups excluding carboxylic acids is 2. The zero-order valence-corrected chi connectivity index (χ0v) is 14.9. The maximum Gasteiger partial charge on any atom is 0.328 e. The lowest BCUT2D eigenvalue weighted by molar-refractivity contribution is -0.148. The Morgan fingerprint density at radius 2 is 1.92 bits per heavy atom. The van der Waals surface area contributed by atoms with Gasteiger partial charge < -0.3 is 10.1 Å². The van der Waals surface area contributed by atoms with Crippen LogP contribution in [0.25, 0.3) is 0 Å². The molecule has 4 nitrogen and oxygen atoms in total. The van der Waals surface area contributed by atoms with Crippen molar-refractivity contribution in [1.29, 1.82) is 0 Å². The number of nitrogens with one attached hydrogen (secondary N) is 1. The molecular formula is C21H27NO3. The summed E-state index contributed by atoms with van der Waals surface area (Å²) >= 11 is 0. The zero-order chi connectivity index (χ0) is 17.4. The average molecular weight is 341 g/mol. The van der Waals surface area contributed by atoms with E-state index in [1.165, 1.54) is 32.8 Å². The number of rotatable bonds is 5. The van der Waals surface area contributed by atoms with E-state index < -0.39 is 6.04 Å². The molecule has 3 aliphatic rings. The second-order valence-electron chi connectivity index (χ2n) is 8.28. The molecule has 3 saturated carbocycles. The molecule has 5 atom stereocenters. The Kier molecular flexibility index (Phi) is 4.30. The lowest BCUT2D eigenvalue weighted by atomic mass is 9.61. The highest BCUT2D eigenvalue weighted by atomic mass is 16.5. The van der Waals surface area contributed by atoms with Gasteiger partial charge in [0.25, 0.3) is 0 Å². The van der Waals surface area contributed by atoms with Crippen molar-refractivity contribution in [3.05, 3.63) is 35.9 Å². The minimum atomic E-state index is -0.603. The van der Waals surface area contributed by atoms with E-state index in [1.54, 1.807) is 0 Å². The van der Waals surface area contributed by atoms with E-state index in [2.05, 4.69) is 5.32 Å². The minimum absolute atomic E-state index is 0.0933. The molecule has 1 aromatic carbocycles. The van der Waals surface area contributed by atoms with Crippen LogP contribution in [0.1, 0.15) is 44.1 Å². The van der Waals surface area contributed by atoms with Crippen LogP contribution in [0.15, 0.2) is 30.3 Å². The van der Waals surface area contributed by atoms with Gasteiger partial charge in [0.05, 0.1) is 12.5 Å². The van der Waals surface area contributed by atoms with Crippen LogP contribution in [-0.4, -0.2) is 25.0 Å². The monoisotopic (exact) mass is 341 g/mol. The summed E-state index contributed by atoms with van der Waals surface area (Å²) in [5, 5.41) is 3.08. The fourth-order valence-corrected chi connectivity index (χ4v) is 5.80. The summed E-state index contributed by atoms with van der Waals surface area (Å²) in [7, 11) is 1.39. The molecule has 0 unspecified atom stereocenters. The Labute approximate surface area is 149 Å². The molecule has 0 heterocycles. The topological polar surface area (TPSA) is 55.4 Å². The smallest absolute Gasteiger partial charge is 0.328 e. The van der Waals surface area contributed by atoms with Crippen LogP contribution in [0.2, 0.25) is 0 Å². The molecule has 4 rings (SSSR count). The molecule has 0 spiro atoms. The summed E-state index contributed by atoms with van der Waals surface area (Å²) in [5.74, 6) is 1.66. The van der Waals surface area contributed by atoms with Gasteiger partial charge in [0.15, 0.2) is 0 Å². The maximum atomic E-state index is 13.3. The van der Waals surface area contributed by atoms with Gasteiger partial charge in [-0.3, -0.25) is 4.79 Å². The Morgan fingerprint density at radius 3 is 2.68 bits per heavy atom. The lowest BCUT2D eigenvalue weighted by Crippen LogP contribution is -2.53. The number of ether oxygens (including phenoxy) is 1. The second-order valence-corrected chi connectivity index (χ2v) is 8.28. The minimum Gasteiger partial charge on any atom is -0.467 e. The summed E-state index contributed by atoms with van der Waals surface area (Å²) in [6.07, 6.45) is 7.46. The number of hydrogen-bond donors (Lipinski definition) is 1. The Morgan fingerprint density at radius 1 is 1.16 bits per heavy atom. The molecule has 3 fully saturated rings. The predicted molar refractivity (Wildman–Crippen MR) is 94.7 cm³/mol. The van der Waals surface area contributed by atoms with Crippen LogP contribution >= 0.6 is 0 Å². The highest BCUT2D eigenvalue weighted by Crippen LogP contribution is 2.62. The Bertz CT molecular complexity index is 658. The van der Waals surface area contributed by atoms with E-state index >= 15 is 0 Å². The molecule has 0 aliphatic heterocycles. The van der Waals surface area contributed by atoms with Gasteiger partial charge in [-0.15, -0.1) is 0 Å². The fraction of sp³-hybridized carbons (Fsp3) is 0.619. The van der Waals surface area contributed by atoms with Crippen molar-refractivity contribution in [3.63, 3.8) is 0 Å². The van der Waals surface area contributed by atoms with Gasteiger partial charge in [0, 0.05) is 6.42 Å². The molecule has 0 aromatic heterocycles. The summed E-state index contributed by atoms with van der Waals surface area (Å²) in [4.78, 5) is 25.5. The van der Waals surface area contributed by atoms with E-state index in [4.69, 9.17) is 4.74 Å². The molecule has 4 heteroatoms. The molecular weight excluding hydrogens is 314 g/mol. The van der Waals surface area contributed by atoms with Gasteiger partial charge >= 0.3 is 5.97 Å². The zero-order valence-electron chi connectivity index (χ0n) is 14.9. The Balaban J connectivity index is 1.52. The van der Waals surface area contributed by atoms with Gasteiger partial charge in [-0.25, -0.2) is 4.79 Å². The molecule has 1 N–H and O–H groups in total. The first-order valence-corrected chi connectivity index (χ1v) is 9.53. The first-order valence-electron chi connectivity index (χ1n) is 9.53. The van der Waals surface area contributed by atoms with Crippen LogP contribution in [0.3, 0.4) is 0 Å². The van der Waals surface area contributed by atoms with Crippen molar-refractivity contribution >= 4 is 11.9 Å². The third kappa shape index (κ3) is 2.96. The van der Waals surface area contributed by atoms with E-state index in [0.717, 1.165) is 18.4 Å². The number of esters is 1. The van der Waals surface area contributed by atoms with E-state index in [9.17, 15) is 9.59 Å². The molecule has 25 heavy (non-hydrogen) atoms. The summed E-state index contributed by atoms with van der Waals surface area (Å²) in [6.45, 7) is 0. The number of fused-ring (bicyclic) bond motifs is 2. The van der Waals surface area contributed by atoms with Crippen molar-refractivity contribution in [2.24, 2.45) is 23.2 Å². The fourth-order valence-electron chi connectivity index (χ4n) is 5.80. The summed E-state index contributed by atoms with van der Waals surface area (Å²) < 4.78 is 4.96. The third-order valence-corrected chi connectivity index (χ3v) is 6.82. The summed E-state index contributed by atoms with van der Waals surface area (Å²) in [6, 6.07) is 9.21. The number of amides is 1. The van der Waals surface area contributed by atoms with Gasteiger partial charge in [-0.1, -0.05) is 36.8 Å². The van der Waals surface area contributed by atoms with Crippen molar-refractivity contribution in [3.8, 4) is 0 Å². The quantitative estimate of drug-likeness (QED) is 0.837. The van der Waals surface area contributed by atoms with Gasteiger partial charge in [0.1, 0.15) is 6.04 Å². The van der Waals surface area contributed by atoms with E-state index in [1.807, 2.05) is 30.3 Å². The second kappa shape index (κ2) is 6.47. The van der Waals surface area contributed by atoms with Crippen LogP contribution in [0.5, 0.6) is 0 Å². The first-order chi connectivity index (χ1) is 12.1. The molecule has 3 aliphatic carbocycles. The van der Waals surface area contributed by atoms with Gasteiger partial charge in [0.2, 0.25) is 5.91 Å². The SMILES string of the molecule is COC(=O)[C@@H](Cc1ccccc1)NC(=O)[C@]12C[C@@H]3CC[C@@H]1C[C@@H](C3)C2. The Hall–Kier alpha value is -1.84. The van der Waals surface area contributed by atoms with E-state index in [0.29, 0.717) is 24.2 Å². The normalized spacial score (nSPS) is 33.7. The first kappa shape index (κ1) is 16.6. The highest BCUT2D eigenvalue weighted by molar-refractivity contribution is 5.89. The van der Waals surface area contributed by atoms with Crippen molar-refractivity contribution in [1.82, 2.24) is 5.32 Å². The molecule has 0 saturated heterocycles. The largest absolute Gasteiger partial charge is 0.467 e. The summed E-state index contributed by atoms with van der Waals surface area (Å²) in [5.41, 5.74) is 0.805. The predicted octanol–water partition coefficient (Wildman–Crippen LogP) is 3.10. The van der Waals surface area contributed by atoms with Crippen LogP contribution in [0.4, 0.5) is 0 Å². The van der Waals surface area contributed by atoms with Gasteiger partial charge in [-0.05, 0) is 55.4 Å². The van der Waals surface area contributed by atoms with Gasteiger partial charge in [-0.2, -0.15) is 0 Å². The van der Waals surface area contributed by atoms with E-state index in [-0.39, 0.29) is 17.3 Å². The highest BCUT2D eigenvalue weighted by Gasteiger charge is 2.58. The van der Waals surface area contributed by atoms with Crippen LogP contribution in [-0.2, 0) is 20.7 Å². The van der Waals surface area contributed by atoms with Crippen molar-refractivity contribution < 1.29 is 14.3 Å². The molecule has 134 valence electrons. The molecule has 3 bridgehead atoms. The molecule has 1 amide bonds. The van der Waals surface area contributed by atoms with Crippen molar-refractivity contribution in [2.75, 3.05) is 7.11 Å².